The number of methoxy groups -OCH3 is 1. The molecule has 1 heterocycles. The first-order chi connectivity index (χ1) is 14.9. The smallest absolute Gasteiger partial charge is 0.342 e. The van der Waals surface area contributed by atoms with E-state index < -0.39 is 5.97 Å². The van der Waals surface area contributed by atoms with Gasteiger partial charge < -0.3 is 14.4 Å². The van der Waals surface area contributed by atoms with Crippen LogP contribution in [0.15, 0.2) is 54.6 Å². The molecule has 7 nitrogen and oxygen atoms in total. The Morgan fingerprint density at radius 2 is 1.74 bits per heavy atom. The van der Waals surface area contributed by atoms with E-state index in [2.05, 4.69) is 5.10 Å². The molecule has 0 aliphatic heterocycles. The van der Waals surface area contributed by atoms with E-state index in [0.29, 0.717) is 30.0 Å². The number of aryl methyl sites for hydroxylation is 1. The van der Waals surface area contributed by atoms with E-state index in [4.69, 9.17) is 9.47 Å². The second kappa shape index (κ2) is 9.93. The number of ether oxygens (including phenoxy) is 2. The van der Waals surface area contributed by atoms with Gasteiger partial charge in [0.05, 0.1) is 25.0 Å². The molecule has 0 spiro atoms. The van der Waals surface area contributed by atoms with Gasteiger partial charge in [-0.1, -0.05) is 42.5 Å². The van der Waals surface area contributed by atoms with Crippen LogP contribution in [0, 0.1) is 13.8 Å². The molecule has 3 aromatic rings. The van der Waals surface area contributed by atoms with Crippen molar-refractivity contribution in [3.8, 4) is 5.75 Å². The van der Waals surface area contributed by atoms with Crippen LogP contribution in [0.1, 0.15) is 32.9 Å². The standard InChI is InChI=1S/C24H27N3O4/c1-17-23(18(2)27(25-17)15-19-9-6-5-7-10-19)24(29)31-16-22(28)26(3)14-20-11-8-12-21(13-20)30-4/h5-13H,14-16H2,1-4H3. The van der Waals surface area contributed by atoms with E-state index in [1.807, 2.05) is 61.5 Å². The summed E-state index contributed by atoms with van der Waals surface area (Å²) >= 11 is 0. The van der Waals surface area contributed by atoms with Crippen LogP contribution in [0.2, 0.25) is 0 Å². The van der Waals surface area contributed by atoms with Gasteiger partial charge in [0.25, 0.3) is 5.91 Å². The van der Waals surface area contributed by atoms with E-state index in [0.717, 1.165) is 16.9 Å². The highest BCUT2D eigenvalue weighted by molar-refractivity contribution is 5.93. The zero-order valence-electron chi connectivity index (χ0n) is 18.3. The number of benzene rings is 2. The fraction of sp³-hybridized carbons (Fsp3) is 0.292. The highest BCUT2D eigenvalue weighted by Gasteiger charge is 2.22. The van der Waals surface area contributed by atoms with Crippen LogP contribution >= 0.6 is 0 Å². The summed E-state index contributed by atoms with van der Waals surface area (Å²) < 4.78 is 12.3. The number of nitrogens with zero attached hydrogens (tertiary/aromatic N) is 3. The van der Waals surface area contributed by atoms with E-state index in [1.54, 1.807) is 25.8 Å². The molecule has 0 saturated heterocycles. The van der Waals surface area contributed by atoms with Crippen molar-refractivity contribution in [2.75, 3.05) is 20.8 Å². The van der Waals surface area contributed by atoms with Crippen molar-refractivity contribution in [1.82, 2.24) is 14.7 Å². The monoisotopic (exact) mass is 421 g/mol. The highest BCUT2D eigenvalue weighted by Crippen LogP contribution is 2.17. The molecule has 31 heavy (non-hydrogen) atoms. The summed E-state index contributed by atoms with van der Waals surface area (Å²) in [6.07, 6.45) is 0. The molecule has 7 heteroatoms. The third-order valence-corrected chi connectivity index (χ3v) is 5.07. The molecular weight excluding hydrogens is 394 g/mol. The van der Waals surface area contributed by atoms with E-state index in [-0.39, 0.29) is 12.5 Å². The Morgan fingerprint density at radius 1 is 1.03 bits per heavy atom. The zero-order chi connectivity index (χ0) is 22.4. The quantitative estimate of drug-likeness (QED) is 0.522. The molecule has 1 aromatic heterocycles. The maximum absolute atomic E-state index is 12.7. The van der Waals surface area contributed by atoms with Crippen LogP contribution in [0.3, 0.4) is 0 Å². The van der Waals surface area contributed by atoms with Gasteiger partial charge in [0.15, 0.2) is 6.61 Å². The molecule has 0 N–H and O–H groups in total. The lowest BCUT2D eigenvalue weighted by atomic mass is 10.2. The molecule has 0 radical (unpaired) electrons. The van der Waals surface area contributed by atoms with Crippen LogP contribution < -0.4 is 4.74 Å². The molecular formula is C24H27N3O4. The lowest BCUT2D eigenvalue weighted by Crippen LogP contribution is -2.31. The third-order valence-electron chi connectivity index (χ3n) is 5.07. The molecule has 0 fully saturated rings. The fourth-order valence-corrected chi connectivity index (χ4v) is 3.35. The van der Waals surface area contributed by atoms with Gasteiger partial charge in [-0.15, -0.1) is 0 Å². The first-order valence-corrected chi connectivity index (χ1v) is 10.0. The molecule has 0 unspecified atom stereocenters. The van der Waals surface area contributed by atoms with E-state index in [1.165, 1.54) is 4.90 Å². The normalized spacial score (nSPS) is 10.6. The Bertz CT molecular complexity index is 1060. The summed E-state index contributed by atoms with van der Waals surface area (Å²) in [4.78, 5) is 26.6. The average Bonchev–Trinajstić information content (AvgIpc) is 3.05. The summed E-state index contributed by atoms with van der Waals surface area (Å²) in [5.74, 6) is -0.108. The van der Waals surface area contributed by atoms with Crippen LogP contribution in [0.4, 0.5) is 0 Å². The van der Waals surface area contributed by atoms with Crippen molar-refractivity contribution < 1.29 is 19.1 Å². The topological polar surface area (TPSA) is 73.7 Å². The van der Waals surface area contributed by atoms with Gasteiger partial charge in [0.2, 0.25) is 0 Å². The Labute approximate surface area is 182 Å². The van der Waals surface area contributed by atoms with E-state index >= 15 is 0 Å². The minimum absolute atomic E-state index is 0.289. The predicted octanol–water partition coefficient (Wildman–Crippen LogP) is 3.37. The van der Waals surface area contributed by atoms with Gasteiger partial charge in [0, 0.05) is 13.6 Å². The molecule has 0 saturated carbocycles. The van der Waals surface area contributed by atoms with Crippen molar-refractivity contribution >= 4 is 11.9 Å². The van der Waals surface area contributed by atoms with Crippen LogP contribution in [-0.4, -0.2) is 47.3 Å². The number of hydrogen-bond acceptors (Lipinski definition) is 5. The minimum Gasteiger partial charge on any atom is -0.497 e. The summed E-state index contributed by atoms with van der Waals surface area (Å²) in [5, 5.41) is 4.47. The summed E-state index contributed by atoms with van der Waals surface area (Å²) in [5.41, 5.74) is 3.70. The number of amides is 1. The first kappa shape index (κ1) is 22.1. The van der Waals surface area contributed by atoms with Gasteiger partial charge in [0.1, 0.15) is 11.3 Å². The second-order valence-corrected chi connectivity index (χ2v) is 7.37. The lowest BCUT2D eigenvalue weighted by molar-refractivity contribution is -0.133. The molecule has 2 aromatic carbocycles. The number of carbonyl (C=O) groups excluding carboxylic acids is 2. The summed E-state index contributed by atoms with van der Waals surface area (Å²) in [6, 6.07) is 17.4. The molecule has 3 rings (SSSR count). The van der Waals surface area contributed by atoms with Gasteiger partial charge in [-0.05, 0) is 37.1 Å². The molecule has 0 aliphatic rings. The number of hydrogen-bond donors (Lipinski definition) is 0. The van der Waals surface area contributed by atoms with Crippen molar-refractivity contribution in [2.45, 2.75) is 26.9 Å². The average molecular weight is 421 g/mol. The van der Waals surface area contributed by atoms with Crippen molar-refractivity contribution in [1.29, 1.82) is 0 Å². The number of rotatable bonds is 8. The van der Waals surface area contributed by atoms with Crippen LogP contribution in [0.25, 0.3) is 0 Å². The van der Waals surface area contributed by atoms with Crippen molar-refractivity contribution in [2.24, 2.45) is 0 Å². The van der Waals surface area contributed by atoms with Crippen LogP contribution in [0.5, 0.6) is 5.75 Å². The molecule has 0 aliphatic carbocycles. The molecule has 162 valence electrons. The molecule has 0 bridgehead atoms. The van der Waals surface area contributed by atoms with Crippen molar-refractivity contribution in [3.63, 3.8) is 0 Å². The number of carbonyl (C=O) groups is 2. The third kappa shape index (κ3) is 5.51. The zero-order valence-corrected chi connectivity index (χ0v) is 18.3. The maximum Gasteiger partial charge on any atom is 0.342 e. The maximum atomic E-state index is 12.7. The fourth-order valence-electron chi connectivity index (χ4n) is 3.35. The Hall–Kier alpha value is -3.61. The van der Waals surface area contributed by atoms with Crippen LogP contribution in [-0.2, 0) is 22.6 Å². The Kier molecular flexibility index (Phi) is 7.07. The molecule has 0 atom stereocenters. The highest BCUT2D eigenvalue weighted by atomic mass is 16.5. The van der Waals surface area contributed by atoms with Gasteiger partial charge in [-0.2, -0.15) is 5.10 Å². The van der Waals surface area contributed by atoms with Gasteiger partial charge in [-0.25, -0.2) is 4.79 Å². The van der Waals surface area contributed by atoms with E-state index in [9.17, 15) is 9.59 Å². The SMILES string of the molecule is COc1cccc(CN(C)C(=O)COC(=O)c2c(C)nn(Cc3ccccc3)c2C)c1. The number of aromatic nitrogens is 2. The number of likely N-dealkylation sites (N-methyl/N-ethyl adjacent to an activating group) is 1. The molecule has 1 amide bonds. The van der Waals surface area contributed by atoms with Crippen molar-refractivity contribution in [3.05, 3.63) is 82.7 Å². The lowest BCUT2D eigenvalue weighted by Gasteiger charge is -2.17. The Balaban J connectivity index is 1.60. The summed E-state index contributed by atoms with van der Waals surface area (Å²) in [7, 11) is 3.27. The van der Waals surface area contributed by atoms with Gasteiger partial charge in [-0.3, -0.25) is 9.48 Å². The first-order valence-electron chi connectivity index (χ1n) is 10.0. The second-order valence-electron chi connectivity index (χ2n) is 7.37. The number of esters is 1. The Morgan fingerprint density at radius 3 is 2.45 bits per heavy atom. The largest absolute Gasteiger partial charge is 0.497 e. The minimum atomic E-state index is -0.544. The predicted molar refractivity (Wildman–Crippen MR) is 117 cm³/mol. The van der Waals surface area contributed by atoms with Gasteiger partial charge >= 0.3 is 5.97 Å². The summed E-state index contributed by atoms with van der Waals surface area (Å²) in [6.45, 7) is 4.21.